The lowest BCUT2D eigenvalue weighted by atomic mass is 9.98. The van der Waals surface area contributed by atoms with Crippen molar-refractivity contribution in [3.63, 3.8) is 0 Å². The van der Waals surface area contributed by atoms with E-state index < -0.39 is 60.6 Å². The van der Waals surface area contributed by atoms with Crippen molar-refractivity contribution in [2.24, 2.45) is 0 Å². The molecular weight excluding hydrogens is 849 g/mol. The summed E-state index contributed by atoms with van der Waals surface area (Å²) < 4.78 is 38.5. The van der Waals surface area contributed by atoms with Gasteiger partial charge in [-0.25, -0.2) is 0 Å². The maximum Gasteiger partial charge on any atom is 0.304 e. The van der Waals surface area contributed by atoms with Crippen LogP contribution in [-0.2, 0) is 52.4 Å². The molecule has 1 heterocycles. The zero-order valence-corrected chi connectivity index (χ0v) is 36.6. The van der Waals surface area contributed by atoms with E-state index in [-0.39, 0.29) is 38.7 Å². The standard InChI is InChI=1S/C36H62O16S5/c37-28(38)6-21-53-16-1-11-47-26-27-33(48-12-2-17-54-22-7-29(39)40)34(49-13-3-18-55-23-8-30(41)42)35(50-14-4-19-56-24-9-31(43)44)36(52-27)51-15-5-20-57-25-10-32(45)46/h27,33-36H,1-26H2,(H,37,38)(H,39,40)(H,41,42)(H,43,44)(H,45,46)/t27-,33-,34+,35-,36-/m1/s1. The lowest BCUT2D eigenvalue weighted by Crippen LogP contribution is -2.62. The highest BCUT2D eigenvalue weighted by molar-refractivity contribution is 8.00. The first-order valence-corrected chi connectivity index (χ1v) is 25.0. The van der Waals surface area contributed by atoms with E-state index in [2.05, 4.69) is 0 Å². The predicted molar refractivity (Wildman–Crippen MR) is 226 cm³/mol. The highest BCUT2D eigenvalue weighted by Gasteiger charge is 2.49. The second kappa shape index (κ2) is 36.7. The average Bonchev–Trinajstić information content (AvgIpc) is 3.14. The molecule has 0 unspecified atom stereocenters. The molecule has 5 atom stereocenters. The highest BCUT2D eigenvalue weighted by atomic mass is 32.2. The first-order valence-electron chi connectivity index (χ1n) is 19.2. The summed E-state index contributed by atoms with van der Waals surface area (Å²) in [4.78, 5) is 54.5. The second-order valence-electron chi connectivity index (χ2n) is 12.5. The average molecular weight is 911 g/mol. The largest absolute Gasteiger partial charge is 0.481 e. The molecule has 0 spiro atoms. The Balaban J connectivity index is 3.15. The van der Waals surface area contributed by atoms with Gasteiger partial charge in [0.05, 0.1) is 45.3 Å². The Morgan fingerprint density at radius 1 is 0.404 bits per heavy atom. The fraction of sp³-hybridized carbons (Fsp3) is 0.861. The molecule has 1 fully saturated rings. The summed E-state index contributed by atoms with van der Waals surface area (Å²) in [6.45, 7) is 1.85. The van der Waals surface area contributed by atoms with Crippen LogP contribution in [-0.4, -0.2) is 183 Å². The van der Waals surface area contributed by atoms with Gasteiger partial charge < -0.3 is 54.0 Å². The van der Waals surface area contributed by atoms with E-state index in [4.69, 9.17) is 54.0 Å². The Morgan fingerprint density at radius 3 is 1.09 bits per heavy atom. The number of rotatable bonds is 41. The molecule has 21 heteroatoms. The van der Waals surface area contributed by atoms with Crippen LogP contribution < -0.4 is 0 Å². The minimum atomic E-state index is -0.866. The summed E-state index contributed by atoms with van der Waals surface area (Å²) >= 11 is 7.64. The molecule has 16 nitrogen and oxygen atoms in total. The third kappa shape index (κ3) is 31.4. The van der Waals surface area contributed by atoms with Gasteiger partial charge in [0.25, 0.3) is 0 Å². The topological polar surface area (TPSA) is 242 Å². The lowest BCUT2D eigenvalue weighted by Gasteiger charge is -2.46. The number of hydrogen-bond acceptors (Lipinski definition) is 16. The molecule has 57 heavy (non-hydrogen) atoms. The first-order chi connectivity index (χ1) is 27.5. The summed E-state index contributed by atoms with van der Waals surface area (Å²) in [5, 5.41) is 44.8. The number of ether oxygens (including phenoxy) is 6. The maximum atomic E-state index is 11.0. The molecule has 0 bridgehead atoms. The van der Waals surface area contributed by atoms with Crippen LogP contribution in [0.4, 0.5) is 0 Å². The van der Waals surface area contributed by atoms with E-state index in [1.165, 1.54) is 47.0 Å². The Kier molecular flexibility index (Phi) is 34.7. The molecule has 5 N–H and O–H groups in total. The van der Waals surface area contributed by atoms with Gasteiger partial charge >= 0.3 is 29.8 Å². The SMILES string of the molecule is O=C(O)CCSCCCOC[C@H]1O[C@@H](OCCCSCCC(=O)O)[C@H](OCCCSCCC(=O)O)[C@@H](OCCCSCCC(=O)O)[C@@H]1OCCCSCCC(=O)O. The van der Waals surface area contributed by atoms with E-state index in [0.29, 0.717) is 117 Å². The van der Waals surface area contributed by atoms with E-state index >= 15 is 0 Å². The van der Waals surface area contributed by atoms with Crippen LogP contribution in [0.15, 0.2) is 0 Å². The normalized spacial score (nSPS) is 19.4. The minimum absolute atomic E-state index is 0.0697. The van der Waals surface area contributed by atoms with Crippen LogP contribution >= 0.6 is 58.8 Å². The molecule has 0 saturated carbocycles. The summed E-state index contributed by atoms with van der Waals surface area (Å²) in [5.41, 5.74) is 0. The number of carboxylic acids is 5. The van der Waals surface area contributed by atoms with Crippen LogP contribution in [0.2, 0.25) is 0 Å². The zero-order chi connectivity index (χ0) is 41.9. The minimum Gasteiger partial charge on any atom is -0.481 e. The molecule has 1 aliphatic rings. The fourth-order valence-corrected chi connectivity index (χ4v) is 9.21. The molecule has 0 aromatic rings. The number of hydrogen-bond donors (Lipinski definition) is 5. The van der Waals surface area contributed by atoms with Gasteiger partial charge in [-0.1, -0.05) is 0 Å². The van der Waals surface area contributed by atoms with Gasteiger partial charge in [-0.05, 0) is 60.9 Å². The van der Waals surface area contributed by atoms with Crippen LogP contribution in [0, 0.1) is 0 Å². The second-order valence-corrected chi connectivity index (χ2v) is 18.7. The molecule has 332 valence electrons. The van der Waals surface area contributed by atoms with Crippen molar-refractivity contribution in [2.75, 3.05) is 97.2 Å². The number of carbonyl (C=O) groups is 5. The van der Waals surface area contributed by atoms with Crippen molar-refractivity contribution < 1.29 is 77.9 Å². The van der Waals surface area contributed by atoms with Crippen molar-refractivity contribution in [3.8, 4) is 0 Å². The van der Waals surface area contributed by atoms with E-state index in [1.807, 2.05) is 0 Å². The van der Waals surface area contributed by atoms with Crippen molar-refractivity contribution in [1.82, 2.24) is 0 Å². The van der Waals surface area contributed by atoms with Crippen LogP contribution in [0.5, 0.6) is 0 Å². The van der Waals surface area contributed by atoms with Gasteiger partial charge in [0.1, 0.15) is 24.4 Å². The summed E-state index contributed by atoms with van der Waals surface area (Å²) in [7, 11) is 0. The van der Waals surface area contributed by atoms with Crippen LogP contribution in [0.1, 0.15) is 64.2 Å². The lowest BCUT2D eigenvalue weighted by molar-refractivity contribution is -0.323. The third-order valence-electron chi connectivity index (χ3n) is 7.70. The Labute approximate surface area is 357 Å². The van der Waals surface area contributed by atoms with Gasteiger partial charge in [-0.3, -0.25) is 24.0 Å². The summed E-state index contributed by atoms with van der Waals surface area (Å²) in [6.07, 6.45) is 0.135. The van der Waals surface area contributed by atoms with E-state index in [0.717, 1.165) is 5.75 Å². The maximum absolute atomic E-state index is 11.0. The molecule has 1 rings (SSSR count). The summed E-state index contributed by atoms with van der Waals surface area (Å²) in [5.74, 6) is 1.72. The molecule has 1 saturated heterocycles. The quantitative estimate of drug-likeness (QED) is 0.0513. The highest BCUT2D eigenvalue weighted by Crippen LogP contribution is 2.30. The molecule has 0 radical (unpaired) electrons. The number of aliphatic carboxylic acids is 5. The van der Waals surface area contributed by atoms with Gasteiger partial charge in [0.15, 0.2) is 6.29 Å². The van der Waals surface area contributed by atoms with Gasteiger partial charge in [-0.2, -0.15) is 58.8 Å². The molecule has 0 aromatic heterocycles. The van der Waals surface area contributed by atoms with Crippen LogP contribution in [0.25, 0.3) is 0 Å². The fourth-order valence-electron chi connectivity index (χ4n) is 4.99. The van der Waals surface area contributed by atoms with E-state index in [1.54, 1.807) is 11.8 Å². The molecule has 0 aliphatic carbocycles. The molecule has 0 aromatic carbocycles. The smallest absolute Gasteiger partial charge is 0.304 e. The number of carboxylic acid groups (broad SMARTS) is 5. The monoisotopic (exact) mass is 910 g/mol. The zero-order valence-electron chi connectivity index (χ0n) is 32.5. The van der Waals surface area contributed by atoms with Crippen molar-refractivity contribution >= 4 is 88.7 Å². The molecule has 0 amide bonds. The molecule has 1 aliphatic heterocycles. The van der Waals surface area contributed by atoms with Crippen LogP contribution in [0.3, 0.4) is 0 Å². The first kappa shape index (κ1) is 53.9. The predicted octanol–water partition coefficient (Wildman–Crippen LogP) is 4.89. The Morgan fingerprint density at radius 2 is 0.719 bits per heavy atom. The third-order valence-corrected chi connectivity index (χ3v) is 13.0. The summed E-state index contributed by atoms with van der Waals surface area (Å²) in [6, 6.07) is 0. The van der Waals surface area contributed by atoms with Crippen molar-refractivity contribution in [3.05, 3.63) is 0 Å². The Bertz CT molecular complexity index is 1090. The van der Waals surface area contributed by atoms with Gasteiger partial charge in [0.2, 0.25) is 0 Å². The Hall–Kier alpha value is -1.14. The van der Waals surface area contributed by atoms with Crippen molar-refractivity contribution in [2.45, 2.75) is 94.9 Å². The van der Waals surface area contributed by atoms with E-state index in [9.17, 15) is 24.0 Å². The molecular formula is C36H62O16S5. The van der Waals surface area contributed by atoms with Gasteiger partial charge in [0, 0.05) is 55.2 Å². The van der Waals surface area contributed by atoms with Gasteiger partial charge in [-0.15, -0.1) is 0 Å². The van der Waals surface area contributed by atoms with Crippen molar-refractivity contribution in [1.29, 1.82) is 0 Å². The number of thioether (sulfide) groups is 5.